The highest BCUT2D eigenvalue weighted by Gasteiger charge is 2.20. The van der Waals surface area contributed by atoms with E-state index >= 15 is 0 Å². The van der Waals surface area contributed by atoms with E-state index in [2.05, 4.69) is 9.72 Å². The number of aryl methyl sites for hydroxylation is 1. The number of ether oxygens (including phenoxy) is 1. The highest BCUT2D eigenvalue weighted by molar-refractivity contribution is 5.86. The smallest absolute Gasteiger partial charge is 0.340 e. The number of H-pyrrole nitrogens is 1. The molecule has 0 amide bonds. The van der Waals surface area contributed by atoms with Gasteiger partial charge in [0.1, 0.15) is 0 Å². The zero-order chi connectivity index (χ0) is 11.7. The van der Waals surface area contributed by atoms with Crippen molar-refractivity contribution in [3.05, 3.63) is 35.5 Å². The Morgan fingerprint density at radius 1 is 1.50 bits per heavy atom. The van der Waals surface area contributed by atoms with Gasteiger partial charge in [0.05, 0.1) is 12.8 Å². The monoisotopic (exact) mass is 219 g/mol. The summed E-state index contributed by atoms with van der Waals surface area (Å²) in [5, 5.41) is 10.7. The number of methoxy groups -OCH3 is 1. The first-order valence-electron chi connectivity index (χ1n) is 4.97. The Hall–Kier alpha value is -1.81. The normalized spacial score (nSPS) is 12.7. The maximum atomic E-state index is 11.2. The molecule has 1 heterocycles. The first-order chi connectivity index (χ1) is 7.63. The number of hydrogen-bond acceptors (Lipinski definition) is 3. The quantitative estimate of drug-likeness (QED) is 0.755. The number of hydrogen-bond donors (Lipinski definition) is 2. The van der Waals surface area contributed by atoms with Crippen LogP contribution in [-0.2, 0) is 9.53 Å². The van der Waals surface area contributed by atoms with Crippen molar-refractivity contribution in [3.63, 3.8) is 0 Å². The van der Waals surface area contributed by atoms with E-state index in [1.165, 1.54) is 7.11 Å². The zero-order valence-electron chi connectivity index (χ0n) is 9.15. The van der Waals surface area contributed by atoms with E-state index in [1.54, 1.807) is 6.07 Å². The van der Waals surface area contributed by atoms with Gasteiger partial charge in [0, 0.05) is 10.9 Å². The number of aliphatic hydroxyl groups is 1. The van der Waals surface area contributed by atoms with Crippen molar-refractivity contribution in [1.29, 1.82) is 0 Å². The Balaban J connectivity index is 2.47. The van der Waals surface area contributed by atoms with Gasteiger partial charge in [-0.1, -0.05) is 12.1 Å². The molecular weight excluding hydrogens is 206 g/mol. The van der Waals surface area contributed by atoms with Gasteiger partial charge in [-0.05, 0) is 24.6 Å². The molecule has 2 rings (SSSR count). The fourth-order valence-electron chi connectivity index (χ4n) is 1.71. The van der Waals surface area contributed by atoms with Gasteiger partial charge < -0.3 is 14.8 Å². The summed E-state index contributed by atoms with van der Waals surface area (Å²) in [4.78, 5) is 14.2. The van der Waals surface area contributed by atoms with Gasteiger partial charge in [-0.2, -0.15) is 0 Å². The number of aliphatic hydroxyl groups excluding tert-OH is 1. The molecule has 0 saturated carbocycles. The van der Waals surface area contributed by atoms with Crippen LogP contribution in [0.5, 0.6) is 0 Å². The molecular formula is C12H13NO3. The minimum atomic E-state index is -1.25. The molecule has 1 aromatic carbocycles. The summed E-state index contributed by atoms with van der Waals surface area (Å²) in [6, 6.07) is 7.56. The second-order valence-corrected chi connectivity index (χ2v) is 3.69. The lowest BCUT2D eigenvalue weighted by atomic mass is 10.1. The molecule has 4 heteroatoms. The lowest BCUT2D eigenvalue weighted by Gasteiger charge is -2.04. The first-order valence-corrected chi connectivity index (χ1v) is 4.97. The van der Waals surface area contributed by atoms with Gasteiger partial charge in [0.25, 0.3) is 0 Å². The Morgan fingerprint density at radius 3 is 2.88 bits per heavy atom. The van der Waals surface area contributed by atoms with Crippen LogP contribution in [-0.4, -0.2) is 23.2 Å². The van der Waals surface area contributed by atoms with Crippen molar-refractivity contribution < 1.29 is 14.6 Å². The third-order valence-electron chi connectivity index (χ3n) is 2.62. The van der Waals surface area contributed by atoms with E-state index in [-0.39, 0.29) is 0 Å². The zero-order valence-corrected chi connectivity index (χ0v) is 9.15. The van der Waals surface area contributed by atoms with Gasteiger partial charge >= 0.3 is 5.97 Å². The fourth-order valence-corrected chi connectivity index (χ4v) is 1.71. The first kappa shape index (κ1) is 10.7. The van der Waals surface area contributed by atoms with Gasteiger partial charge in [-0.25, -0.2) is 4.79 Å². The Morgan fingerprint density at radius 2 is 2.25 bits per heavy atom. The molecule has 0 bridgehead atoms. The fraction of sp³-hybridized carbons (Fsp3) is 0.250. The van der Waals surface area contributed by atoms with Crippen molar-refractivity contribution in [2.75, 3.05) is 7.11 Å². The van der Waals surface area contributed by atoms with Crippen molar-refractivity contribution >= 4 is 16.9 Å². The van der Waals surface area contributed by atoms with E-state index in [9.17, 15) is 9.90 Å². The molecule has 0 aliphatic heterocycles. The van der Waals surface area contributed by atoms with Crippen molar-refractivity contribution in [2.45, 2.75) is 13.0 Å². The molecule has 0 aliphatic carbocycles. The van der Waals surface area contributed by atoms with E-state index in [4.69, 9.17) is 0 Å². The molecule has 1 aromatic heterocycles. The van der Waals surface area contributed by atoms with Crippen LogP contribution in [0.25, 0.3) is 10.9 Å². The topological polar surface area (TPSA) is 62.3 Å². The highest BCUT2D eigenvalue weighted by Crippen LogP contribution is 2.23. The molecule has 2 aromatic rings. The van der Waals surface area contributed by atoms with Crippen LogP contribution in [0.4, 0.5) is 0 Å². The predicted molar refractivity (Wildman–Crippen MR) is 60.0 cm³/mol. The number of esters is 1. The molecule has 16 heavy (non-hydrogen) atoms. The average molecular weight is 219 g/mol. The summed E-state index contributed by atoms with van der Waals surface area (Å²) in [6.45, 7) is 1.98. The number of carbonyl (C=O) groups is 1. The molecule has 84 valence electrons. The van der Waals surface area contributed by atoms with E-state index in [0.717, 1.165) is 16.5 Å². The molecule has 1 atom stereocenters. The second-order valence-electron chi connectivity index (χ2n) is 3.69. The van der Waals surface area contributed by atoms with Crippen LogP contribution in [0.2, 0.25) is 0 Å². The largest absolute Gasteiger partial charge is 0.467 e. The minimum absolute atomic E-state index is 0.455. The van der Waals surface area contributed by atoms with Crippen LogP contribution in [0.3, 0.4) is 0 Å². The molecule has 2 N–H and O–H groups in total. The maximum absolute atomic E-state index is 11.2. The third-order valence-corrected chi connectivity index (χ3v) is 2.62. The summed E-state index contributed by atoms with van der Waals surface area (Å²) in [5.74, 6) is -0.663. The number of nitrogens with one attached hydrogen (secondary N) is 1. The van der Waals surface area contributed by atoms with E-state index < -0.39 is 12.1 Å². The second kappa shape index (κ2) is 3.98. The number of rotatable bonds is 2. The molecule has 0 spiro atoms. The Bertz CT molecular complexity index is 530. The molecule has 0 aliphatic rings. The van der Waals surface area contributed by atoms with Gasteiger partial charge in [0.15, 0.2) is 6.10 Å². The number of carbonyl (C=O) groups excluding carboxylic acids is 1. The summed E-state index contributed by atoms with van der Waals surface area (Å²) in [5.41, 5.74) is 2.45. The predicted octanol–water partition coefficient (Wildman–Crippen LogP) is 1.68. The van der Waals surface area contributed by atoms with E-state index in [0.29, 0.717) is 5.69 Å². The van der Waals surface area contributed by atoms with Crippen LogP contribution in [0.15, 0.2) is 24.3 Å². The molecule has 0 saturated heterocycles. The summed E-state index contributed by atoms with van der Waals surface area (Å²) in [7, 11) is 1.25. The molecule has 4 nitrogen and oxygen atoms in total. The highest BCUT2D eigenvalue weighted by atomic mass is 16.5. The number of benzene rings is 1. The molecule has 0 fully saturated rings. The van der Waals surface area contributed by atoms with Crippen molar-refractivity contribution in [2.24, 2.45) is 0 Å². The van der Waals surface area contributed by atoms with E-state index in [1.807, 2.05) is 25.1 Å². The lowest BCUT2D eigenvalue weighted by Crippen LogP contribution is -2.13. The number of fused-ring (bicyclic) bond motifs is 1. The van der Waals surface area contributed by atoms with Crippen molar-refractivity contribution in [3.8, 4) is 0 Å². The minimum Gasteiger partial charge on any atom is -0.467 e. The average Bonchev–Trinajstić information content (AvgIpc) is 2.72. The standard InChI is InChI=1S/C12H13NO3/c1-7-4-3-5-9-8(7)6-10(13-9)11(14)12(15)16-2/h3-6,11,13-14H,1-2H3. The van der Waals surface area contributed by atoms with Crippen LogP contribution < -0.4 is 0 Å². The number of aromatic nitrogens is 1. The Kier molecular flexibility index (Phi) is 2.66. The van der Waals surface area contributed by atoms with Gasteiger partial charge in [0.2, 0.25) is 0 Å². The summed E-state index contributed by atoms with van der Waals surface area (Å²) >= 11 is 0. The third kappa shape index (κ3) is 1.67. The summed E-state index contributed by atoms with van der Waals surface area (Å²) in [6.07, 6.45) is -1.25. The Labute approximate surface area is 92.9 Å². The van der Waals surface area contributed by atoms with Crippen LogP contribution in [0, 0.1) is 6.92 Å². The van der Waals surface area contributed by atoms with Gasteiger partial charge in [-0.3, -0.25) is 0 Å². The van der Waals surface area contributed by atoms with Crippen LogP contribution >= 0.6 is 0 Å². The SMILES string of the molecule is COC(=O)C(O)c1cc2c(C)cccc2[nH]1. The van der Waals surface area contributed by atoms with Crippen molar-refractivity contribution in [1.82, 2.24) is 4.98 Å². The molecule has 1 unspecified atom stereocenters. The summed E-state index contributed by atoms with van der Waals surface area (Å²) < 4.78 is 4.48. The van der Waals surface area contributed by atoms with Crippen LogP contribution in [0.1, 0.15) is 17.4 Å². The van der Waals surface area contributed by atoms with Gasteiger partial charge in [-0.15, -0.1) is 0 Å². The number of aromatic amines is 1. The molecule has 0 radical (unpaired) electrons. The maximum Gasteiger partial charge on any atom is 0.340 e. The lowest BCUT2D eigenvalue weighted by molar-refractivity contribution is -0.150.